The van der Waals surface area contributed by atoms with Gasteiger partial charge >= 0.3 is 0 Å². The zero-order valence-electron chi connectivity index (χ0n) is 17.1. The highest BCUT2D eigenvalue weighted by Crippen LogP contribution is 2.35. The average Bonchev–Trinajstić information content (AvgIpc) is 3.15. The van der Waals surface area contributed by atoms with Gasteiger partial charge in [-0.1, -0.05) is 13.0 Å². The number of aryl methyl sites for hydroxylation is 1. The normalized spacial score (nSPS) is 17.0. The van der Waals surface area contributed by atoms with Gasteiger partial charge in [-0.25, -0.2) is 4.39 Å². The number of H-pyrrole nitrogens is 1. The number of nitrogens with one attached hydrogen (secondary N) is 2. The number of rotatable bonds is 8. The summed E-state index contributed by atoms with van der Waals surface area (Å²) in [4.78, 5) is 3.23. The zero-order chi connectivity index (χ0) is 20.2. The van der Waals surface area contributed by atoms with Gasteiger partial charge < -0.3 is 19.8 Å². The van der Waals surface area contributed by atoms with Gasteiger partial charge in [0.25, 0.3) is 0 Å². The number of aromatic nitrogens is 1. The standard InChI is InChI=1S/C24H29FN2O2/c1-3-21(17-12-20-23(28-2)7-4-8-24(20)29-15-17)26-11-5-6-16-14-27-22-10-9-18(25)13-19(16)22/h4,7-10,13-14,17,21,26-27H,3,5-6,11-12,15H2,1-2H3/t17-,21?/m0/s1. The molecule has 0 aliphatic carbocycles. The Hall–Kier alpha value is -2.53. The number of halogens is 1. The number of aromatic amines is 1. The first kappa shape index (κ1) is 19.8. The highest BCUT2D eigenvalue weighted by atomic mass is 19.1. The molecule has 0 bridgehead atoms. The van der Waals surface area contributed by atoms with Crippen molar-refractivity contribution < 1.29 is 13.9 Å². The summed E-state index contributed by atoms with van der Waals surface area (Å²) in [6.07, 6.45) is 5.95. The van der Waals surface area contributed by atoms with Gasteiger partial charge in [-0.15, -0.1) is 0 Å². The van der Waals surface area contributed by atoms with E-state index in [0.717, 1.165) is 61.2 Å². The smallest absolute Gasteiger partial charge is 0.126 e. The van der Waals surface area contributed by atoms with Gasteiger partial charge in [-0.05, 0) is 68.1 Å². The molecule has 2 atom stereocenters. The van der Waals surface area contributed by atoms with Gasteiger partial charge in [0, 0.05) is 34.6 Å². The summed E-state index contributed by atoms with van der Waals surface area (Å²) in [7, 11) is 1.71. The minimum absolute atomic E-state index is 0.185. The maximum atomic E-state index is 13.6. The Morgan fingerprint density at radius 2 is 2.21 bits per heavy atom. The van der Waals surface area contributed by atoms with Crippen LogP contribution in [-0.4, -0.2) is 31.3 Å². The van der Waals surface area contributed by atoms with Crippen molar-refractivity contribution in [3.8, 4) is 11.5 Å². The van der Waals surface area contributed by atoms with E-state index in [0.29, 0.717) is 12.0 Å². The Kier molecular flexibility index (Phi) is 6.05. The molecule has 4 rings (SSSR count). The maximum Gasteiger partial charge on any atom is 0.126 e. The number of hydrogen-bond donors (Lipinski definition) is 2. The molecule has 1 aromatic heterocycles. The van der Waals surface area contributed by atoms with E-state index < -0.39 is 0 Å². The number of benzene rings is 2. The summed E-state index contributed by atoms with van der Waals surface area (Å²) >= 11 is 0. The molecule has 2 N–H and O–H groups in total. The van der Waals surface area contributed by atoms with E-state index in [1.807, 2.05) is 24.4 Å². The summed E-state index contributed by atoms with van der Waals surface area (Å²) in [6.45, 7) is 3.88. The van der Waals surface area contributed by atoms with Crippen molar-refractivity contribution in [2.24, 2.45) is 5.92 Å². The van der Waals surface area contributed by atoms with E-state index in [-0.39, 0.29) is 5.82 Å². The lowest BCUT2D eigenvalue weighted by Crippen LogP contribution is -2.41. The predicted octanol–water partition coefficient (Wildman–Crippen LogP) is 4.87. The summed E-state index contributed by atoms with van der Waals surface area (Å²) in [5.74, 6) is 2.09. The van der Waals surface area contributed by atoms with Crippen molar-refractivity contribution in [2.75, 3.05) is 20.3 Å². The molecule has 0 saturated heterocycles. The van der Waals surface area contributed by atoms with Crippen LogP contribution in [0.4, 0.5) is 4.39 Å². The van der Waals surface area contributed by atoms with Crippen molar-refractivity contribution >= 4 is 10.9 Å². The second-order valence-electron chi connectivity index (χ2n) is 7.79. The Labute approximate surface area is 171 Å². The van der Waals surface area contributed by atoms with E-state index in [1.165, 1.54) is 17.2 Å². The molecule has 0 fully saturated rings. The van der Waals surface area contributed by atoms with Crippen LogP contribution in [0.15, 0.2) is 42.6 Å². The minimum atomic E-state index is -0.185. The quantitative estimate of drug-likeness (QED) is 0.534. The van der Waals surface area contributed by atoms with Gasteiger partial charge in [0.2, 0.25) is 0 Å². The van der Waals surface area contributed by atoms with Crippen molar-refractivity contribution in [3.63, 3.8) is 0 Å². The van der Waals surface area contributed by atoms with Gasteiger partial charge in [-0.2, -0.15) is 0 Å². The van der Waals surface area contributed by atoms with Gasteiger partial charge in [0.15, 0.2) is 0 Å². The molecule has 1 aliphatic rings. The highest BCUT2D eigenvalue weighted by Gasteiger charge is 2.28. The molecule has 2 heterocycles. The van der Waals surface area contributed by atoms with Crippen molar-refractivity contribution in [1.82, 2.24) is 10.3 Å². The third-order valence-corrected chi connectivity index (χ3v) is 6.00. The van der Waals surface area contributed by atoms with Crippen LogP contribution in [0, 0.1) is 11.7 Å². The molecule has 29 heavy (non-hydrogen) atoms. The van der Waals surface area contributed by atoms with Gasteiger partial charge in [-0.3, -0.25) is 0 Å². The molecule has 0 saturated carbocycles. The molecule has 2 aromatic carbocycles. The Morgan fingerprint density at radius 3 is 3.03 bits per heavy atom. The second-order valence-corrected chi connectivity index (χ2v) is 7.79. The summed E-state index contributed by atoms with van der Waals surface area (Å²) in [5.41, 5.74) is 3.34. The van der Waals surface area contributed by atoms with E-state index in [2.05, 4.69) is 17.2 Å². The minimum Gasteiger partial charge on any atom is -0.496 e. The number of methoxy groups -OCH3 is 1. The van der Waals surface area contributed by atoms with Crippen LogP contribution >= 0.6 is 0 Å². The molecule has 1 unspecified atom stereocenters. The summed E-state index contributed by atoms with van der Waals surface area (Å²) in [5, 5.41) is 4.71. The van der Waals surface area contributed by atoms with E-state index in [4.69, 9.17) is 9.47 Å². The third-order valence-electron chi connectivity index (χ3n) is 6.00. The molecular formula is C24H29FN2O2. The fourth-order valence-electron chi connectivity index (χ4n) is 4.42. The zero-order valence-corrected chi connectivity index (χ0v) is 17.1. The Balaban J connectivity index is 1.33. The van der Waals surface area contributed by atoms with Crippen LogP contribution < -0.4 is 14.8 Å². The first-order valence-corrected chi connectivity index (χ1v) is 10.5. The van der Waals surface area contributed by atoms with E-state index >= 15 is 0 Å². The average molecular weight is 397 g/mol. The number of ether oxygens (including phenoxy) is 2. The van der Waals surface area contributed by atoms with Crippen molar-refractivity contribution in [1.29, 1.82) is 0 Å². The van der Waals surface area contributed by atoms with Crippen molar-refractivity contribution in [2.45, 2.75) is 38.6 Å². The molecule has 1 aliphatic heterocycles. The molecule has 0 radical (unpaired) electrons. The van der Waals surface area contributed by atoms with E-state index in [1.54, 1.807) is 19.2 Å². The second kappa shape index (κ2) is 8.87. The lowest BCUT2D eigenvalue weighted by atomic mass is 9.88. The molecule has 4 nitrogen and oxygen atoms in total. The molecular weight excluding hydrogens is 367 g/mol. The lowest BCUT2D eigenvalue weighted by Gasteiger charge is -2.32. The first-order valence-electron chi connectivity index (χ1n) is 10.5. The highest BCUT2D eigenvalue weighted by molar-refractivity contribution is 5.83. The van der Waals surface area contributed by atoms with Crippen LogP contribution in [0.3, 0.4) is 0 Å². The fraction of sp³-hybridized carbons (Fsp3) is 0.417. The maximum absolute atomic E-state index is 13.6. The van der Waals surface area contributed by atoms with Gasteiger partial charge in [0.1, 0.15) is 17.3 Å². The Bertz CT molecular complexity index is 954. The molecule has 5 heteroatoms. The summed E-state index contributed by atoms with van der Waals surface area (Å²) in [6, 6.07) is 11.3. The molecule has 3 aromatic rings. The Morgan fingerprint density at radius 1 is 1.31 bits per heavy atom. The van der Waals surface area contributed by atoms with Crippen LogP contribution in [0.5, 0.6) is 11.5 Å². The molecule has 0 amide bonds. The topological polar surface area (TPSA) is 46.3 Å². The van der Waals surface area contributed by atoms with Gasteiger partial charge in [0.05, 0.1) is 13.7 Å². The summed E-state index contributed by atoms with van der Waals surface area (Å²) < 4.78 is 25.1. The van der Waals surface area contributed by atoms with Crippen molar-refractivity contribution in [3.05, 3.63) is 59.5 Å². The van der Waals surface area contributed by atoms with Crippen LogP contribution in [0.1, 0.15) is 30.9 Å². The first-order chi connectivity index (χ1) is 14.2. The van der Waals surface area contributed by atoms with Crippen LogP contribution in [0.2, 0.25) is 0 Å². The third kappa shape index (κ3) is 4.25. The molecule has 0 spiro atoms. The lowest BCUT2D eigenvalue weighted by molar-refractivity contribution is 0.178. The number of fused-ring (bicyclic) bond motifs is 2. The van der Waals surface area contributed by atoms with Crippen LogP contribution in [-0.2, 0) is 12.8 Å². The predicted molar refractivity (Wildman–Crippen MR) is 114 cm³/mol. The fourth-order valence-corrected chi connectivity index (χ4v) is 4.42. The molecule has 154 valence electrons. The SMILES string of the molecule is CCC(NCCCc1c[nH]c2ccc(F)cc12)[C@@H]1COc2cccc(OC)c2C1. The van der Waals surface area contributed by atoms with Crippen LogP contribution in [0.25, 0.3) is 10.9 Å². The largest absolute Gasteiger partial charge is 0.496 e. The monoisotopic (exact) mass is 396 g/mol. The van der Waals surface area contributed by atoms with E-state index in [9.17, 15) is 4.39 Å². The number of hydrogen-bond acceptors (Lipinski definition) is 3.